The van der Waals surface area contributed by atoms with Gasteiger partial charge in [-0.1, -0.05) is 194 Å². The Morgan fingerprint density at radius 3 is 1.07 bits per heavy atom. The quantitative estimate of drug-likeness (QED) is 0.151. The fourth-order valence-corrected chi connectivity index (χ4v) is 9.38. The number of aromatic nitrogens is 4. The van der Waals surface area contributed by atoms with Gasteiger partial charge in [0, 0.05) is 33.0 Å². The van der Waals surface area contributed by atoms with Crippen molar-refractivity contribution in [2.45, 2.75) is 0 Å². The monoisotopic (exact) mass is 870 g/mol. The maximum absolute atomic E-state index is 6.52. The van der Waals surface area contributed by atoms with E-state index in [1.807, 2.05) is 54.6 Å². The molecule has 0 bridgehead atoms. The Morgan fingerprint density at radius 2 is 0.574 bits per heavy atom. The predicted molar refractivity (Wildman–Crippen MR) is 276 cm³/mol. The van der Waals surface area contributed by atoms with E-state index in [1.54, 1.807) is 0 Å². The van der Waals surface area contributed by atoms with Crippen LogP contribution in [0.1, 0.15) is 0 Å². The van der Waals surface area contributed by atoms with Gasteiger partial charge in [-0.25, -0.2) is 9.97 Å². The lowest BCUT2D eigenvalue weighted by atomic mass is 9.92. The van der Waals surface area contributed by atoms with Crippen molar-refractivity contribution in [3.63, 3.8) is 0 Å². The molecule has 318 valence electrons. The third-order valence-corrected chi connectivity index (χ3v) is 12.8. The molecule has 0 fully saturated rings. The first-order valence-electron chi connectivity index (χ1n) is 22.7. The van der Waals surface area contributed by atoms with Crippen LogP contribution < -0.4 is 0 Å². The fourth-order valence-electron chi connectivity index (χ4n) is 9.38. The average Bonchev–Trinajstić information content (AvgIpc) is 4.00. The van der Waals surface area contributed by atoms with Gasteiger partial charge in [0.05, 0.1) is 22.2 Å². The summed E-state index contributed by atoms with van der Waals surface area (Å²) in [6, 6.07) is 79.6. The van der Waals surface area contributed by atoms with Crippen molar-refractivity contribution in [2.24, 2.45) is 0 Å². The van der Waals surface area contributed by atoms with Crippen LogP contribution >= 0.6 is 0 Å². The van der Waals surface area contributed by atoms with Crippen LogP contribution in [-0.4, -0.2) is 19.9 Å². The zero-order chi connectivity index (χ0) is 45.0. The first kappa shape index (κ1) is 39.1. The van der Waals surface area contributed by atoms with E-state index in [2.05, 4.69) is 176 Å². The van der Waals surface area contributed by atoms with Gasteiger partial charge in [0.25, 0.3) is 0 Å². The lowest BCUT2D eigenvalue weighted by molar-refractivity contribution is 0.653. The lowest BCUT2D eigenvalue weighted by Gasteiger charge is -2.14. The maximum atomic E-state index is 6.52. The highest BCUT2D eigenvalue weighted by atomic mass is 16.3. The van der Waals surface area contributed by atoms with Crippen LogP contribution in [0.2, 0.25) is 0 Å². The Morgan fingerprint density at radius 1 is 0.235 bits per heavy atom. The maximum Gasteiger partial charge on any atom is 0.231 e. The van der Waals surface area contributed by atoms with Crippen LogP contribution in [0.5, 0.6) is 0 Å². The standard InChI is InChI=1S/C62H38N4O2/c1-4-15-39(16-5-1)42-27-31-44(32-28-42)59-63-57(55-51-23-10-12-25-53(51)67-61(55)65-59)47-22-14-21-46(35-47)49-36-48(41-19-8-3-9-20-41)37-50(38-49)58-56-52-24-11-13-26-54(52)68-62(56)66-60(64-58)45-33-29-43(30-34-45)40-17-6-2-7-18-40/h1-38H. The summed E-state index contributed by atoms with van der Waals surface area (Å²) in [5, 5.41) is 3.67. The van der Waals surface area contributed by atoms with E-state index >= 15 is 0 Å². The summed E-state index contributed by atoms with van der Waals surface area (Å²) in [4.78, 5) is 20.9. The molecule has 0 aliphatic heterocycles. The van der Waals surface area contributed by atoms with E-state index in [0.29, 0.717) is 23.1 Å². The number of hydrogen-bond donors (Lipinski definition) is 0. The summed E-state index contributed by atoms with van der Waals surface area (Å²) >= 11 is 0. The van der Waals surface area contributed by atoms with Crippen LogP contribution in [0.25, 0.3) is 134 Å². The van der Waals surface area contributed by atoms with Crippen molar-refractivity contribution in [2.75, 3.05) is 0 Å². The second-order valence-corrected chi connectivity index (χ2v) is 17.0. The summed E-state index contributed by atoms with van der Waals surface area (Å²) in [6.45, 7) is 0. The highest BCUT2D eigenvalue weighted by Crippen LogP contribution is 2.42. The number of nitrogens with zero attached hydrogens (tertiary/aromatic N) is 4. The molecule has 4 heterocycles. The third-order valence-electron chi connectivity index (χ3n) is 12.8. The summed E-state index contributed by atoms with van der Waals surface area (Å²) < 4.78 is 13.0. The minimum atomic E-state index is 0.539. The zero-order valence-electron chi connectivity index (χ0n) is 36.5. The van der Waals surface area contributed by atoms with Crippen LogP contribution in [-0.2, 0) is 0 Å². The number of para-hydroxylation sites is 2. The summed E-state index contributed by atoms with van der Waals surface area (Å²) in [5.41, 5.74) is 16.6. The molecular weight excluding hydrogens is 833 g/mol. The molecule has 13 aromatic rings. The summed E-state index contributed by atoms with van der Waals surface area (Å²) in [5.74, 6) is 1.18. The van der Waals surface area contributed by atoms with Gasteiger partial charge in [0.1, 0.15) is 11.2 Å². The molecule has 0 atom stereocenters. The number of benzene rings is 9. The summed E-state index contributed by atoms with van der Waals surface area (Å²) in [7, 11) is 0. The SMILES string of the molecule is c1ccc(-c2ccc(-c3nc(-c4cccc(-c5cc(-c6ccccc6)cc(-c6nc(-c7ccc(-c8ccccc8)cc7)nc7oc8ccccc8c67)c5)c4)c4c(n3)oc3ccccc34)cc2)cc1. The van der Waals surface area contributed by atoms with Crippen LogP contribution in [0.4, 0.5) is 0 Å². The van der Waals surface area contributed by atoms with Crippen molar-refractivity contribution in [1.82, 2.24) is 19.9 Å². The molecule has 0 saturated carbocycles. The van der Waals surface area contributed by atoms with Crippen molar-refractivity contribution in [3.8, 4) is 89.8 Å². The molecule has 4 aromatic heterocycles. The Labute approximate surface area is 391 Å². The largest absolute Gasteiger partial charge is 0.438 e. The highest BCUT2D eigenvalue weighted by molar-refractivity contribution is 6.12. The normalized spacial score (nSPS) is 11.5. The molecule has 0 N–H and O–H groups in total. The van der Waals surface area contributed by atoms with Gasteiger partial charge in [-0.15, -0.1) is 0 Å². The Kier molecular flexibility index (Phi) is 9.39. The lowest BCUT2D eigenvalue weighted by Crippen LogP contribution is -1.96. The Hall–Kier alpha value is -9.26. The zero-order valence-corrected chi connectivity index (χ0v) is 36.5. The second kappa shape index (κ2) is 16.3. The van der Waals surface area contributed by atoms with Gasteiger partial charge < -0.3 is 8.83 Å². The minimum Gasteiger partial charge on any atom is -0.438 e. The molecule has 9 aromatic carbocycles. The summed E-state index contributed by atoms with van der Waals surface area (Å²) in [6.07, 6.45) is 0. The van der Waals surface area contributed by atoms with Crippen molar-refractivity contribution in [1.29, 1.82) is 0 Å². The smallest absolute Gasteiger partial charge is 0.231 e. The molecule has 0 unspecified atom stereocenters. The second-order valence-electron chi connectivity index (χ2n) is 17.0. The van der Waals surface area contributed by atoms with E-state index in [9.17, 15) is 0 Å². The van der Waals surface area contributed by atoms with Gasteiger partial charge in [0.2, 0.25) is 11.4 Å². The highest BCUT2D eigenvalue weighted by Gasteiger charge is 2.22. The molecule has 0 aliphatic rings. The molecule has 0 radical (unpaired) electrons. The van der Waals surface area contributed by atoms with Gasteiger partial charge in [-0.2, -0.15) is 9.97 Å². The van der Waals surface area contributed by atoms with Crippen molar-refractivity contribution < 1.29 is 8.83 Å². The molecule has 0 aliphatic carbocycles. The van der Waals surface area contributed by atoms with Crippen molar-refractivity contribution in [3.05, 3.63) is 231 Å². The molecular formula is C62H38N4O2. The number of hydrogen-bond acceptors (Lipinski definition) is 6. The predicted octanol–water partition coefficient (Wildman–Crippen LogP) is 16.4. The van der Waals surface area contributed by atoms with Gasteiger partial charge >= 0.3 is 0 Å². The molecule has 0 saturated heterocycles. The molecule has 6 heteroatoms. The molecule has 0 spiro atoms. The van der Waals surface area contributed by atoms with Gasteiger partial charge in [-0.05, 0) is 80.9 Å². The Bertz CT molecular complexity index is 3990. The van der Waals surface area contributed by atoms with Crippen LogP contribution in [0.3, 0.4) is 0 Å². The number of furan rings is 2. The fraction of sp³-hybridized carbons (Fsp3) is 0. The van der Waals surface area contributed by atoms with Crippen molar-refractivity contribution >= 4 is 44.1 Å². The Balaban J connectivity index is 0.982. The minimum absolute atomic E-state index is 0.539. The van der Waals surface area contributed by atoms with E-state index in [0.717, 1.165) is 111 Å². The molecule has 6 nitrogen and oxygen atoms in total. The third kappa shape index (κ3) is 7.00. The van der Waals surface area contributed by atoms with E-state index in [-0.39, 0.29) is 0 Å². The van der Waals surface area contributed by atoms with Gasteiger partial charge in [-0.3, -0.25) is 0 Å². The first-order chi connectivity index (χ1) is 33.7. The first-order valence-corrected chi connectivity index (χ1v) is 22.7. The van der Waals surface area contributed by atoms with E-state index in [1.165, 1.54) is 0 Å². The van der Waals surface area contributed by atoms with E-state index < -0.39 is 0 Å². The molecule has 0 amide bonds. The van der Waals surface area contributed by atoms with Crippen LogP contribution in [0.15, 0.2) is 239 Å². The number of rotatable bonds is 8. The van der Waals surface area contributed by atoms with Gasteiger partial charge in [0.15, 0.2) is 11.6 Å². The number of fused-ring (bicyclic) bond motifs is 6. The molecule has 68 heavy (non-hydrogen) atoms. The van der Waals surface area contributed by atoms with Crippen LogP contribution in [0, 0.1) is 0 Å². The average molecular weight is 871 g/mol. The molecule has 13 rings (SSSR count). The topological polar surface area (TPSA) is 77.8 Å². The van der Waals surface area contributed by atoms with E-state index in [4.69, 9.17) is 28.8 Å².